The third kappa shape index (κ3) is 3.29. The Balaban J connectivity index is 1.59. The van der Waals surface area contributed by atoms with Gasteiger partial charge in [-0.15, -0.1) is 5.10 Å². The maximum atomic E-state index is 12.6. The van der Waals surface area contributed by atoms with Gasteiger partial charge in [-0.3, -0.25) is 9.36 Å². The average molecular weight is 352 g/mol. The van der Waals surface area contributed by atoms with Crippen molar-refractivity contribution < 1.29 is 0 Å². The molecule has 2 heterocycles. The Kier molecular flexibility index (Phi) is 4.03. The summed E-state index contributed by atoms with van der Waals surface area (Å²) in [6.45, 7) is 0.942. The molecule has 2 aromatic carbocycles. The lowest BCUT2D eigenvalue weighted by Crippen LogP contribution is -2.21. The fraction of sp³-hybridized carbons (Fsp3) is 0.111. The summed E-state index contributed by atoms with van der Waals surface area (Å²) >= 11 is 5.98. The Morgan fingerprint density at radius 2 is 1.88 bits per heavy atom. The van der Waals surface area contributed by atoms with Crippen LogP contribution >= 0.6 is 11.6 Å². The van der Waals surface area contributed by atoms with Gasteiger partial charge in [-0.25, -0.2) is 9.67 Å². The van der Waals surface area contributed by atoms with Crippen molar-refractivity contribution in [1.82, 2.24) is 24.5 Å². The molecule has 0 saturated heterocycles. The van der Waals surface area contributed by atoms with Gasteiger partial charge in [0.25, 0.3) is 5.56 Å². The van der Waals surface area contributed by atoms with E-state index >= 15 is 0 Å². The van der Waals surface area contributed by atoms with E-state index in [0.29, 0.717) is 34.7 Å². The molecule has 0 N–H and O–H groups in total. The van der Waals surface area contributed by atoms with E-state index in [1.807, 2.05) is 36.5 Å². The first kappa shape index (κ1) is 15.5. The van der Waals surface area contributed by atoms with E-state index < -0.39 is 0 Å². The van der Waals surface area contributed by atoms with Gasteiger partial charge in [0, 0.05) is 5.02 Å². The lowest BCUT2D eigenvalue weighted by Gasteiger charge is -2.04. The minimum absolute atomic E-state index is 0.148. The highest BCUT2D eigenvalue weighted by Gasteiger charge is 2.08. The van der Waals surface area contributed by atoms with Gasteiger partial charge in [-0.05, 0) is 23.8 Å². The van der Waals surface area contributed by atoms with Crippen LogP contribution in [0.25, 0.3) is 10.9 Å². The zero-order chi connectivity index (χ0) is 17.2. The Morgan fingerprint density at radius 1 is 1.04 bits per heavy atom. The molecule has 0 atom stereocenters. The topological polar surface area (TPSA) is 65.6 Å². The monoisotopic (exact) mass is 351 g/mol. The van der Waals surface area contributed by atoms with Crippen molar-refractivity contribution in [3.05, 3.63) is 87.7 Å². The van der Waals surface area contributed by atoms with Gasteiger partial charge < -0.3 is 0 Å². The standard InChI is InChI=1S/C18H14ClN5O/c19-14-6-7-17-16(8-14)18(25)23(12-20-17)10-15-11-24(22-21-15)9-13-4-2-1-3-5-13/h1-8,11-12H,9-10H2. The molecule has 0 spiro atoms. The number of hydrogen-bond acceptors (Lipinski definition) is 4. The number of fused-ring (bicyclic) bond motifs is 1. The first-order valence-corrected chi connectivity index (χ1v) is 8.14. The van der Waals surface area contributed by atoms with Crippen LogP contribution in [0.1, 0.15) is 11.3 Å². The van der Waals surface area contributed by atoms with Crippen molar-refractivity contribution in [2.24, 2.45) is 0 Å². The first-order chi connectivity index (χ1) is 12.2. The summed E-state index contributed by atoms with van der Waals surface area (Å²) in [5.74, 6) is 0. The highest BCUT2D eigenvalue weighted by molar-refractivity contribution is 6.31. The number of benzene rings is 2. The molecular weight excluding hydrogens is 338 g/mol. The van der Waals surface area contributed by atoms with Gasteiger partial charge in [0.2, 0.25) is 0 Å². The van der Waals surface area contributed by atoms with Crippen LogP contribution in [0.5, 0.6) is 0 Å². The van der Waals surface area contributed by atoms with Crippen molar-refractivity contribution in [3.8, 4) is 0 Å². The van der Waals surface area contributed by atoms with Gasteiger partial charge in [-0.2, -0.15) is 0 Å². The second-order valence-corrected chi connectivity index (χ2v) is 6.17. The van der Waals surface area contributed by atoms with Crippen LogP contribution in [0.4, 0.5) is 0 Å². The first-order valence-electron chi connectivity index (χ1n) is 7.77. The van der Waals surface area contributed by atoms with Crippen LogP contribution in [0.15, 0.2) is 65.8 Å². The molecule has 25 heavy (non-hydrogen) atoms. The predicted octanol–water partition coefficient (Wildman–Crippen LogP) is 2.74. The number of halogens is 1. The minimum atomic E-state index is -0.148. The highest BCUT2D eigenvalue weighted by atomic mass is 35.5. The van der Waals surface area contributed by atoms with Gasteiger partial charge >= 0.3 is 0 Å². The van der Waals surface area contributed by atoms with E-state index in [0.717, 1.165) is 5.56 Å². The number of aromatic nitrogens is 5. The van der Waals surface area contributed by atoms with E-state index in [4.69, 9.17) is 11.6 Å². The second kappa shape index (κ2) is 6.49. The summed E-state index contributed by atoms with van der Waals surface area (Å²) in [5.41, 5.74) is 2.31. The summed E-state index contributed by atoms with van der Waals surface area (Å²) in [6.07, 6.45) is 3.36. The normalized spacial score (nSPS) is 11.1. The molecule has 0 amide bonds. The largest absolute Gasteiger partial charge is 0.293 e. The van der Waals surface area contributed by atoms with Crippen LogP contribution in [0, 0.1) is 0 Å². The molecule has 0 aliphatic carbocycles. The highest BCUT2D eigenvalue weighted by Crippen LogP contribution is 2.14. The van der Waals surface area contributed by atoms with Crippen molar-refractivity contribution in [1.29, 1.82) is 0 Å². The molecule has 0 bridgehead atoms. The number of hydrogen-bond donors (Lipinski definition) is 0. The molecule has 4 aromatic rings. The van der Waals surface area contributed by atoms with Gasteiger partial charge in [-0.1, -0.05) is 47.1 Å². The average Bonchev–Trinajstić information content (AvgIpc) is 3.06. The van der Waals surface area contributed by atoms with Gasteiger partial charge in [0.15, 0.2) is 0 Å². The maximum absolute atomic E-state index is 12.6. The molecule has 0 radical (unpaired) electrons. The molecule has 6 nitrogen and oxygen atoms in total. The second-order valence-electron chi connectivity index (χ2n) is 5.73. The molecule has 0 saturated carbocycles. The summed E-state index contributed by atoms with van der Waals surface area (Å²) in [4.78, 5) is 16.9. The molecule has 0 aliphatic rings. The molecular formula is C18H14ClN5O. The van der Waals surface area contributed by atoms with Crippen molar-refractivity contribution in [2.75, 3.05) is 0 Å². The third-order valence-corrected chi connectivity index (χ3v) is 4.13. The maximum Gasteiger partial charge on any atom is 0.261 e. The zero-order valence-electron chi connectivity index (χ0n) is 13.2. The predicted molar refractivity (Wildman–Crippen MR) is 95.7 cm³/mol. The molecule has 2 aromatic heterocycles. The van der Waals surface area contributed by atoms with Crippen molar-refractivity contribution >= 4 is 22.5 Å². The Bertz CT molecular complexity index is 1090. The van der Waals surface area contributed by atoms with Crippen LogP contribution in [0.2, 0.25) is 5.02 Å². The minimum Gasteiger partial charge on any atom is -0.293 e. The van der Waals surface area contributed by atoms with Crippen LogP contribution < -0.4 is 5.56 Å². The lowest BCUT2D eigenvalue weighted by molar-refractivity contribution is 0.648. The van der Waals surface area contributed by atoms with E-state index in [1.165, 1.54) is 10.9 Å². The molecule has 124 valence electrons. The van der Waals surface area contributed by atoms with Crippen molar-refractivity contribution in [3.63, 3.8) is 0 Å². The number of nitrogens with zero attached hydrogens (tertiary/aromatic N) is 5. The summed E-state index contributed by atoms with van der Waals surface area (Å²) in [5, 5.41) is 9.27. The summed E-state index contributed by atoms with van der Waals surface area (Å²) in [7, 11) is 0. The lowest BCUT2D eigenvalue weighted by atomic mass is 10.2. The van der Waals surface area contributed by atoms with Gasteiger partial charge in [0.05, 0.1) is 36.5 Å². The van der Waals surface area contributed by atoms with Crippen LogP contribution in [0.3, 0.4) is 0 Å². The van der Waals surface area contributed by atoms with Gasteiger partial charge in [0.1, 0.15) is 5.69 Å². The van der Waals surface area contributed by atoms with Crippen LogP contribution in [-0.2, 0) is 13.1 Å². The van der Waals surface area contributed by atoms with E-state index in [1.54, 1.807) is 22.9 Å². The molecule has 0 unspecified atom stereocenters. The molecule has 7 heteroatoms. The van der Waals surface area contributed by atoms with E-state index in [9.17, 15) is 4.79 Å². The smallest absolute Gasteiger partial charge is 0.261 e. The quantitative estimate of drug-likeness (QED) is 0.567. The van der Waals surface area contributed by atoms with Crippen molar-refractivity contribution in [2.45, 2.75) is 13.1 Å². The molecule has 0 aliphatic heterocycles. The number of rotatable bonds is 4. The third-order valence-electron chi connectivity index (χ3n) is 3.89. The Hall–Kier alpha value is -2.99. The molecule has 0 fully saturated rings. The fourth-order valence-corrected chi connectivity index (χ4v) is 2.85. The van der Waals surface area contributed by atoms with E-state index in [-0.39, 0.29) is 5.56 Å². The Morgan fingerprint density at radius 3 is 2.72 bits per heavy atom. The molecule has 4 rings (SSSR count). The summed E-state index contributed by atoms with van der Waals surface area (Å²) in [6, 6.07) is 15.1. The SMILES string of the molecule is O=c1c2cc(Cl)ccc2ncn1Cc1cn(Cc2ccccc2)nn1. The zero-order valence-corrected chi connectivity index (χ0v) is 14.0. The Labute approximate surface area is 148 Å². The fourth-order valence-electron chi connectivity index (χ4n) is 2.68. The van der Waals surface area contributed by atoms with Crippen LogP contribution in [-0.4, -0.2) is 24.5 Å². The van der Waals surface area contributed by atoms with E-state index in [2.05, 4.69) is 15.3 Å². The summed E-state index contributed by atoms with van der Waals surface area (Å²) < 4.78 is 3.26.